The Morgan fingerprint density at radius 3 is 2.62 bits per heavy atom. The fourth-order valence-corrected chi connectivity index (χ4v) is 2.39. The first kappa shape index (κ1) is 16.9. The van der Waals surface area contributed by atoms with Crippen molar-refractivity contribution in [2.75, 3.05) is 12.4 Å². The van der Waals surface area contributed by atoms with E-state index in [-0.39, 0.29) is 5.71 Å². The molecule has 0 radical (unpaired) electrons. The van der Waals surface area contributed by atoms with Crippen LogP contribution in [0.2, 0.25) is 0 Å². The van der Waals surface area contributed by atoms with Crippen molar-refractivity contribution < 1.29 is 9.94 Å². The second kappa shape index (κ2) is 7.77. The van der Waals surface area contributed by atoms with E-state index in [0.717, 1.165) is 5.69 Å². The normalized spacial score (nSPS) is 10.8. The molecule has 7 nitrogen and oxygen atoms in total. The Bertz CT molecular complexity index is 978. The van der Waals surface area contributed by atoms with Crippen LogP contribution in [0.4, 0.5) is 11.6 Å². The molecular formula is C19H15N5O2. The summed E-state index contributed by atoms with van der Waals surface area (Å²) in [7, 11) is 1.55. The first-order chi connectivity index (χ1) is 12.7. The summed E-state index contributed by atoms with van der Waals surface area (Å²) in [5.74, 6) is 0.906. The summed E-state index contributed by atoms with van der Waals surface area (Å²) in [6.07, 6.45) is 1.56. The number of anilines is 2. The number of aromatic nitrogens is 2. The monoisotopic (exact) mass is 345 g/mol. The number of ether oxygens (including phenoxy) is 1. The summed E-state index contributed by atoms with van der Waals surface area (Å²) in [5.41, 5.74) is 2.62. The molecule has 2 N–H and O–H groups in total. The molecule has 0 spiro atoms. The van der Waals surface area contributed by atoms with E-state index in [9.17, 15) is 5.21 Å². The number of nitriles is 1. The van der Waals surface area contributed by atoms with Gasteiger partial charge in [0.2, 0.25) is 5.95 Å². The highest BCUT2D eigenvalue weighted by atomic mass is 16.5. The number of hydrogen-bond donors (Lipinski definition) is 2. The third-order valence-electron chi connectivity index (χ3n) is 3.63. The predicted octanol–water partition coefficient (Wildman–Crippen LogP) is 3.33. The first-order valence-electron chi connectivity index (χ1n) is 7.71. The predicted molar refractivity (Wildman–Crippen MR) is 96.9 cm³/mol. The lowest BCUT2D eigenvalue weighted by molar-refractivity contribution is 0.319. The van der Waals surface area contributed by atoms with Gasteiger partial charge in [-0.1, -0.05) is 17.3 Å². The van der Waals surface area contributed by atoms with E-state index in [1.807, 2.05) is 12.1 Å². The summed E-state index contributed by atoms with van der Waals surface area (Å²) in [5, 5.41) is 24.8. The van der Waals surface area contributed by atoms with Gasteiger partial charge in [-0.2, -0.15) is 5.26 Å². The SMILES string of the molecule is COc1ccccc1/C(=N/O)c1ccnc(Nc2ccc(C#N)cc2)n1. The summed E-state index contributed by atoms with van der Waals surface area (Å²) >= 11 is 0. The minimum Gasteiger partial charge on any atom is -0.496 e. The molecule has 0 unspecified atom stereocenters. The van der Waals surface area contributed by atoms with Gasteiger partial charge in [0.25, 0.3) is 0 Å². The molecule has 3 aromatic rings. The highest BCUT2D eigenvalue weighted by Gasteiger charge is 2.15. The van der Waals surface area contributed by atoms with Gasteiger partial charge in [-0.25, -0.2) is 9.97 Å². The van der Waals surface area contributed by atoms with Crippen molar-refractivity contribution in [1.29, 1.82) is 5.26 Å². The van der Waals surface area contributed by atoms with E-state index in [0.29, 0.717) is 28.5 Å². The Labute approximate surface area is 150 Å². The van der Waals surface area contributed by atoms with Gasteiger partial charge in [0.05, 0.1) is 24.4 Å². The van der Waals surface area contributed by atoms with Gasteiger partial charge in [0.15, 0.2) is 0 Å². The zero-order valence-electron chi connectivity index (χ0n) is 13.9. The zero-order valence-corrected chi connectivity index (χ0v) is 13.9. The van der Waals surface area contributed by atoms with Gasteiger partial charge in [0, 0.05) is 17.4 Å². The minimum atomic E-state index is 0.271. The van der Waals surface area contributed by atoms with E-state index < -0.39 is 0 Å². The molecule has 0 bridgehead atoms. The molecule has 0 amide bonds. The van der Waals surface area contributed by atoms with Gasteiger partial charge in [-0.05, 0) is 42.5 Å². The largest absolute Gasteiger partial charge is 0.496 e. The van der Waals surface area contributed by atoms with Gasteiger partial charge in [-0.3, -0.25) is 0 Å². The second-order valence-electron chi connectivity index (χ2n) is 5.23. The summed E-state index contributed by atoms with van der Waals surface area (Å²) in [4.78, 5) is 8.58. The minimum absolute atomic E-state index is 0.271. The first-order valence-corrected chi connectivity index (χ1v) is 7.71. The van der Waals surface area contributed by atoms with E-state index in [1.165, 1.54) is 0 Å². The van der Waals surface area contributed by atoms with E-state index in [1.54, 1.807) is 55.8 Å². The molecular weight excluding hydrogens is 330 g/mol. The molecule has 7 heteroatoms. The molecule has 2 aromatic carbocycles. The third kappa shape index (κ3) is 3.60. The lowest BCUT2D eigenvalue weighted by atomic mass is 10.1. The van der Waals surface area contributed by atoms with E-state index >= 15 is 0 Å². The number of oxime groups is 1. The lowest BCUT2D eigenvalue weighted by Gasteiger charge is -2.10. The number of rotatable bonds is 5. The van der Waals surface area contributed by atoms with Crippen molar-refractivity contribution in [3.05, 3.63) is 77.6 Å². The van der Waals surface area contributed by atoms with Crippen LogP contribution in [0.5, 0.6) is 5.75 Å². The number of benzene rings is 2. The van der Waals surface area contributed by atoms with Crippen LogP contribution in [0.15, 0.2) is 65.9 Å². The maximum atomic E-state index is 9.51. The number of methoxy groups -OCH3 is 1. The fourth-order valence-electron chi connectivity index (χ4n) is 2.39. The Balaban J connectivity index is 1.91. The molecule has 128 valence electrons. The molecule has 0 saturated carbocycles. The summed E-state index contributed by atoms with van der Waals surface area (Å²) < 4.78 is 5.32. The van der Waals surface area contributed by atoms with Crippen LogP contribution in [0.1, 0.15) is 16.8 Å². The molecule has 0 fully saturated rings. The standard InChI is InChI=1S/C19H15N5O2/c1-26-17-5-3-2-4-15(17)18(24-25)16-10-11-21-19(23-16)22-14-8-6-13(12-20)7-9-14/h2-11,25H,1H3,(H,21,22,23)/b24-18-. The molecule has 1 aromatic heterocycles. The molecule has 26 heavy (non-hydrogen) atoms. The lowest BCUT2D eigenvalue weighted by Crippen LogP contribution is -2.10. The Morgan fingerprint density at radius 1 is 1.15 bits per heavy atom. The quantitative estimate of drug-likeness (QED) is 0.418. The number of hydrogen-bond acceptors (Lipinski definition) is 7. The zero-order chi connectivity index (χ0) is 18.4. The van der Waals surface area contributed by atoms with E-state index in [4.69, 9.17) is 10.00 Å². The average Bonchev–Trinajstić information content (AvgIpc) is 2.70. The van der Waals surface area contributed by atoms with Gasteiger partial charge in [-0.15, -0.1) is 0 Å². The van der Waals surface area contributed by atoms with E-state index in [2.05, 4.69) is 26.5 Å². The molecule has 0 aliphatic carbocycles. The van der Waals surface area contributed by atoms with Crippen LogP contribution in [0.25, 0.3) is 0 Å². The van der Waals surface area contributed by atoms with Crippen LogP contribution >= 0.6 is 0 Å². The smallest absolute Gasteiger partial charge is 0.227 e. The third-order valence-corrected chi connectivity index (χ3v) is 3.63. The van der Waals surface area contributed by atoms with Crippen molar-refractivity contribution in [2.45, 2.75) is 0 Å². The van der Waals surface area contributed by atoms with Crippen LogP contribution < -0.4 is 10.1 Å². The highest BCUT2D eigenvalue weighted by molar-refractivity contribution is 6.13. The number of para-hydroxylation sites is 1. The van der Waals surface area contributed by atoms with Crippen LogP contribution in [0, 0.1) is 11.3 Å². The van der Waals surface area contributed by atoms with Crippen molar-refractivity contribution in [2.24, 2.45) is 5.16 Å². The van der Waals surface area contributed by atoms with Gasteiger partial charge >= 0.3 is 0 Å². The van der Waals surface area contributed by atoms with Crippen LogP contribution in [-0.4, -0.2) is 28.0 Å². The van der Waals surface area contributed by atoms with Crippen molar-refractivity contribution in [3.8, 4) is 11.8 Å². The summed E-state index contributed by atoms with van der Waals surface area (Å²) in [6.45, 7) is 0. The second-order valence-corrected chi connectivity index (χ2v) is 5.23. The fraction of sp³-hybridized carbons (Fsp3) is 0.0526. The Morgan fingerprint density at radius 2 is 1.92 bits per heavy atom. The average molecular weight is 345 g/mol. The van der Waals surface area contributed by atoms with Crippen LogP contribution in [0.3, 0.4) is 0 Å². The Kier molecular flexibility index (Phi) is 5.05. The number of nitrogens with one attached hydrogen (secondary N) is 1. The maximum absolute atomic E-state index is 9.51. The van der Waals surface area contributed by atoms with Gasteiger partial charge in [0.1, 0.15) is 11.5 Å². The van der Waals surface area contributed by atoms with Gasteiger partial charge < -0.3 is 15.3 Å². The highest BCUT2D eigenvalue weighted by Crippen LogP contribution is 2.22. The molecule has 0 aliphatic heterocycles. The van der Waals surface area contributed by atoms with Crippen molar-refractivity contribution >= 4 is 17.3 Å². The molecule has 0 saturated heterocycles. The van der Waals surface area contributed by atoms with Crippen LogP contribution in [-0.2, 0) is 0 Å². The van der Waals surface area contributed by atoms with Crippen molar-refractivity contribution in [3.63, 3.8) is 0 Å². The molecule has 3 rings (SSSR count). The summed E-state index contributed by atoms with van der Waals surface area (Å²) in [6, 6.07) is 17.8. The topological polar surface area (TPSA) is 103 Å². The molecule has 0 aliphatic rings. The maximum Gasteiger partial charge on any atom is 0.227 e. The van der Waals surface area contributed by atoms with Crippen molar-refractivity contribution in [1.82, 2.24) is 9.97 Å². The number of nitrogens with zero attached hydrogens (tertiary/aromatic N) is 4. The Hall–Kier alpha value is -3.92. The molecule has 1 heterocycles. The molecule has 0 atom stereocenters.